The lowest BCUT2D eigenvalue weighted by molar-refractivity contribution is 0.232. The maximum Gasteiger partial charge on any atom is 0.319 e. The van der Waals surface area contributed by atoms with Crippen LogP contribution in [0, 0.1) is 5.82 Å². The zero-order valence-electron chi connectivity index (χ0n) is 16.1. The van der Waals surface area contributed by atoms with E-state index in [1.807, 2.05) is 22.9 Å². The van der Waals surface area contributed by atoms with E-state index in [0.29, 0.717) is 37.0 Å². The van der Waals surface area contributed by atoms with Crippen LogP contribution in [0.3, 0.4) is 0 Å². The molecule has 0 bridgehead atoms. The van der Waals surface area contributed by atoms with Crippen molar-refractivity contribution >= 4 is 28.5 Å². The minimum absolute atomic E-state index is 0.182. The first-order valence-corrected chi connectivity index (χ1v) is 10.1. The molecule has 0 saturated heterocycles. The van der Waals surface area contributed by atoms with E-state index >= 15 is 0 Å². The Labute approximate surface area is 177 Å². The Bertz CT molecular complexity index is 1170. The smallest absolute Gasteiger partial charge is 0.319 e. The van der Waals surface area contributed by atoms with E-state index < -0.39 is 0 Å². The predicted molar refractivity (Wildman–Crippen MR) is 114 cm³/mol. The summed E-state index contributed by atoms with van der Waals surface area (Å²) < 4.78 is 21.5. The quantitative estimate of drug-likeness (QED) is 0.669. The summed E-state index contributed by atoms with van der Waals surface area (Å²) in [6.07, 6.45) is 3.68. The molecule has 30 heavy (non-hydrogen) atoms. The Balaban J connectivity index is 1.47. The van der Waals surface area contributed by atoms with Gasteiger partial charge >= 0.3 is 6.03 Å². The fraction of sp³-hybridized carbons (Fsp3) is 0.227. The van der Waals surface area contributed by atoms with Crippen molar-refractivity contribution in [3.8, 4) is 11.4 Å². The molecular formula is C22H20ClFN4O2. The topological polar surface area (TPSA) is 58.5 Å². The zero-order chi connectivity index (χ0) is 20.7. The van der Waals surface area contributed by atoms with Gasteiger partial charge in [-0.2, -0.15) is 0 Å². The summed E-state index contributed by atoms with van der Waals surface area (Å²) in [6, 6.07) is 10.4. The van der Waals surface area contributed by atoms with Crippen molar-refractivity contribution in [3.05, 3.63) is 70.8 Å². The van der Waals surface area contributed by atoms with Crippen molar-refractivity contribution in [2.45, 2.75) is 6.54 Å². The summed E-state index contributed by atoms with van der Waals surface area (Å²) in [7, 11) is 0. The third-order valence-electron chi connectivity index (χ3n) is 5.39. The molecule has 2 aliphatic heterocycles. The molecule has 3 aromatic rings. The van der Waals surface area contributed by atoms with Gasteiger partial charge < -0.3 is 19.9 Å². The van der Waals surface area contributed by atoms with E-state index in [-0.39, 0.29) is 11.8 Å². The number of carbonyl (C=O) groups excluding carboxylic acids is 1. The highest BCUT2D eigenvalue weighted by Gasteiger charge is 2.21. The second-order valence-electron chi connectivity index (χ2n) is 7.49. The van der Waals surface area contributed by atoms with Gasteiger partial charge in [0.25, 0.3) is 0 Å². The number of aromatic nitrogens is 1. The molecular weight excluding hydrogens is 407 g/mol. The maximum atomic E-state index is 13.6. The molecule has 0 fully saturated rings. The van der Waals surface area contributed by atoms with Crippen LogP contribution in [-0.2, 0) is 6.54 Å². The van der Waals surface area contributed by atoms with Gasteiger partial charge in [0.05, 0.1) is 10.5 Å². The molecule has 3 heterocycles. The van der Waals surface area contributed by atoms with Crippen molar-refractivity contribution in [2.75, 3.05) is 26.2 Å². The molecule has 154 valence electrons. The molecule has 0 spiro atoms. The van der Waals surface area contributed by atoms with Crippen LogP contribution < -0.4 is 15.4 Å². The van der Waals surface area contributed by atoms with Crippen LogP contribution in [-0.4, -0.2) is 41.7 Å². The molecule has 2 aromatic carbocycles. The first-order valence-electron chi connectivity index (χ1n) is 9.74. The minimum Gasteiger partial charge on any atom is -0.490 e. The highest BCUT2D eigenvalue weighted by atomic mass is 35.5. The van der Waals surface area contributed by atoms with Crippen LogP contribution >= 0.6 is 11.6 Å². The molecule has 2 aliphatic rings. The first-order chi connectivity index (χ1) is 14.6. The van der Waals surface area contributed by atoms with Gasteiger partial charge in [-0.15, -0.1) is 0 Å². The molecule has 2 amide bonds. The van der Waals surface area contributed by atoms with Gasteiger partial charge in [0.15, 0.2) is 0 Å². The number of carbonyl (C=O) groups is 1. The Morgan fingerprint density at radius 2 is 2.10 bits per heavy atom. The molecule has 5 rings (SSSR count). The normalized spacial score (nSPS) is 16.9. The number of hydrogen-bond donors (Lipinski definition) is 2. The van der Waals surface area contributed by atoms with Crippen LogP contribution in [0.1, 0.15) is 5.56 Å². The van der Waals surface area contributed by atoms with Gasteiger partial charge in [-0.05, 0) is 42.0 Å². The molecule has 0 saturated carbocycles. The van der Waals surface area contributed by atoms with Crippen LogP contribution in [0.5, 0.6) is 5.75 Å². The Morgan fingerprint density at radius 3 is 2.93 bits per heavy atom. The van der Waals surface area contributed by atoms with Gasteiger partial charge in [0.2, 0.25) is 0 Å². The number of hydrogen-bond acceptors (Lipinski definition) is 3. The summed E-state index contributed by atoms with van der Waals surface area (Å²) in [5, 5.41) is 6.87. The third kappa shape index (κ3) is 3.62. The number of rotatable bonds is 3. The third-order valence-corrected chi connectivity index (χ3v) is 5.67. The number of amides is 2. The van der Waals surface area contributed by atoms with Crippen molar-refractivity contribution in [3.63, 3.8) is 0 Å². The Morgan fingerprint density at radius 1 is 1.20 bits per heavy atom. The summed E-state index contributed by atoms with van der Waals surface area (Å²) >= 11 is 6.58. The van der Waals surface area contributed by atoms with Gasteiger partial charge in [0, 0.05) is 55.2 Å². The van der Waals surface area contributed by atoms with Crippen molar-refractivity contribution in [1.29, 1.82) is 0 Å². The highest BCUT2D eigenvalue weighted by Crippen LogP contribution is 2.35. The van der Waals surface area contributed by atoms with E-state index in [4.69, 9.17) is 16.3 Å². The maximum absolute atomic E-state index is 13.6. The zero-order valence-corrected chi connectivity index (χ0v) is 16.9. The summed E-state index contributed by atoms with van der Waals surface area (Å²) in [4.78, 5) is 13.5. The number of urea groups is 1. The van der Waals surface area contributed by atoms with Gasteiger partial charge in [-0.1, -0.05) is 11.6 Å². The largest absolute Gasteiger partial charge is 0.490 e. The van der Waals surface area contributed by atoms with Gasteiger partial charge in [-0.25, -0.2) is 9.18 Å². The number of nitrogens with zero attached hydrogens (tertiary/aromatic N) is 2. The SMILES string of the molecule is O=C1NC=C(CN2CCOc3c(Cl)cc(-n4ccc5cc(F)ccc54)cc3C2)CN1. The van der Waals surface area contributed by atoms with Crippen molar-refractivity contribution < 1.29 is 13.9 Å². The molecule has 0 aliphatic carbocycles. The van der Waals surface area contributed by atoms with Crippen LogP contribution in [0.15, 0.2) is 54.4 Å². The Kier molecular flexibility index (Phi) is 4.84. The second kappa shape index (κ2) is 7.66. The standard InChI is InChI=1S/C22H20ClFN4O2/c23-19-9-18(28-4-3-15-7-17(24)1-2-20(15)28)8-16-13-27(5-6-30-21(16)19)12-14-10-25-22(29)26-11-14/h1-4,7-10H,5-6,11-13H2,(H2,25,26,29). The number of nitrogens with one attached hydrogen (secondary N) is 2. The first kappa shape index (κ1) is 19.0. The molecule has 0 radical (unpaired) electrons. The van der Waals surface area contributed by atoms with Crippen LogP contribution in [0.25, 0.3) is 16.6 Å². The van der Waals surface area contributed by atoms with Crippen LogP contribution in [0.4, 0.5) is 9.18 Å². The summed E-state index contributed by atoms with van der Waals surface area (Å²) in [5.74, 6) is 0.446. The monoisotopic (exact) mass is 426 g/mol. The molecule has 0 atom stereocenters. The van der Waals surface area contributed by atoms with E-state index in [2.05, 4.69) is 21.6 Å². The van der Waals surface area contributed by atoms with Crippen molar-refractivity contribution in [2.24, 2.45) is 0 Å². The summed E-state index contributed by atoms with van der Waals surface area (Å²) in [6.45, 7) is 3.19. The number of ether oxygens (including phenoxy) is 1. The lowest BCUT2D eigenvalue weighted by Crippen LogP contribution is -2.41. The van der Waals surface area contributed by atoms with E-state index in [1.54, 1.807) is 12.3 Å². The molecule has 1 aromatic heterocycles. The summed E-state index contributed by atoms with van der Waals surface area (Å²) in [5.41, 5.74) is 3.90. The fourth-order valence-electron chi connectivity index (χ4n) is 3.98. The molecule has 6 nitrogen and oxygen atoms in total. The number of benzene rings is 2. The molecule has 8 heteroatoms. The second-order valence-corrected chi connectivity index (χ2v) is 7.90. The van der Waals surface area contributed by atoms with Gasteiger partial charge in [0.1, 0.15) is 18.2 Å². The van der Waals surface area contributed by atoms with E-state index in [1.165, 1.54) is 12.1 Å². The number of fused-ring (bicyclic) bond motifs is 2. The molecule has 0 unspecified atom stereocenters. The average molecular weight is 427 g/mol. The number of halogens is 2. The van der Waals surface area contributed by atoms with Crippen molar-refractivity contribution in [1.82, 2.24) is 20.1 Å². The lowest BCUT2D eigenvalue weighted by atomic mass is 10.1. The van der Waals surface area contributed by atoms with Gasteiger partial charge in [-0.3, -0.25) is 4.90 Å². The average Bonchev–Trinajstić information content (AvgIpc) is 3.02. The lowest BCUT2D eigenvalue weighted by Gasteiger charge is -2.23. The molecule has 2 N–H and O–H groups in total. The van der Waals surface area contributed by atoms with E-state index in [0.717, 1.165) is 34.3 Å². The highest BCUT2D eigenvalue weighted by molar-refractivity contribution is 6.32. The predicted octanol–water partition coefficient (Wildman–Crippen LogP) is 3.81. The minimum atomic E-state index is -0.257. The Hall–Kier alpha value is -3.03. The van der Waals surface area contributed by atoms with Crippen LogP contribution in [0.2, 0.25) is 5.02 Å². The van der Waals surface area contributed by atoms with E-state index in [9.17, 15) is 9.18 Å². The fourth-order valence-corrected chi connectivity index (χ4v) is 4.26.